The van der Waals surface area contributed by atoms with Crippen LogP contribution in [0, 0.1) is 5.82 Å². The number of rotatable bonds is 5. The van der Waals surface area contributed by atoms with Crippen molar-refractivity contribution in [3.8, 4) is 22.8 Å². The molecular weight excluding hydrogens is 427 g/mol. The van der Waals surface area contributed by atoms with E-state index in [1.54, 1.807) is 24.3 Å². The molecule has 0 aliphatic rings. The highest BCUT2D eigenvalue weighted by atomic mass is 32.2. The van der Waals surface area contributed by atoms with E-state index in [-0.39, 0.29) is 10.8 Å². The lowest BCUT2D eigenvalue weighted by Crippen LogP contribution is -2.13. The molecule has 1 heterocycles. The molecule has 0 radical (unpaired) electrons. The van der Waals surface area contributed by atoms with Gasteiger partial charge in [-0.05, 0) is 35.7 Å². The zero-order valence-electron chi connectivity index (χ0n) is 16.7. The second-order valence-corrected chi connectivity index (χ2v) is 8.65. The van der Waals surface area contributed by atoms with E-state index >= 15 is 0 Å². The molecule has 0 bridgehead atoms. The molecule has 0 N–H and O–H groups in total. The summed E-state index contributed by atoms with van der Waals surface area (Å²) >= 11 is 0. The molecule has 7 heteroatoms. The maximum Gasteiger partial charge on any atom is 0.341 e. The van der Waals surface area contributed by atoms with Crippen LogP contribution in [-0.2, 0) is 10.1 Å². The third kappa shape index (κ3) is 3.74. The van der Waals surface area contributed by atoms with Gasteiger partial charge in [-0.25, -0.2) is 4.39 Å². The Hall–Kier alpha value is -3.97. The van der Waals surface area contributed by atoms with Crippen LogP contribution in [0.1, 0.15) is 0 Å². The standard InChI is InChI=1S/C25H17FN2O3S/c26-20-13-15-21(16-14-20)28-25(17-23(27-28)19-8-2-1-3-9-19)31-32(29,30)24-12-6-10-18-7-4-5-11-22(18)24/h1-17H. The Balaban J connectivity index is 1.63. The van der Waals surface area contributed by atoms with Gasteiger partial charge in [0.2, 0.25) is 5.88 Å². The molecule has 5 nitrogen and oxygen atoms in total. The van der Waals surface area contributed by atoms with Crippen LogP contribution in [0.2, 0.25) is 0 Å². The number of nitrogens with zero attached hydrogens (tertiary/aromatic N) is 2. The molecule has 0 aliphatic heterocycles. The monoisotopic (exact) mass is 444 g/mol. The van der Waals surface area contributed by atoms with Gasteiger partial charge < -0.3 is 4.18 Å². The topological polar surface area (TPSA) is 61.2 Å². The Kier molecular flexibility index (Phi) is 4.95. The molecule has 0 aliphatic carbocycles. The lowest BCUT2D eigenvalue weighted by molar-refractivity contribution is 0.465. The van der Waals surface area contributed by atoms with Crippen LogP contribution in [0.4, 0.5) is 4.39 Å². The van der Waals surface area contributed by atoms with Gasteiger partial charge in [0, 0.05) is 17.0 Å². The van der Waals surface area contributed by atoms with Gasteiger partial charge in [0.1, 0.15) is 10.7 Å². The van der Waals surface area contributed by atoms with Crippen LogP contribution in [0.25, 0.3) is 27.7 Å². The summed E-state index contributed by atoms with van der Waals surface area (Å²) in [6.07, 6.45) is 0. The van der Waals surface area contributed by atoms with Gasteiger partial charge in [-0.3, -0.25) is 0 Å². The van der Waals surface area contributed by atoms with Crippen molar-refractivity contribution in [2.24, 2.45) is 0 Å². The molecule has 32 heavy (non-hydrogen) atoms. The molecule has 0 atom stereocenters. The highest BCUT2D eigenvalue weighted by molar-refractivity contribution is 7.87. The molecule has 0 amide bonds. The predicted molar refractivity (Wildman–Crippen MR) is 121 cm³/mol. The summed E-state index contributed by atoms with van der Waals surface area (Å²) in [7, 11) is -4.18. The van der Waals surface area contributed by atoms with Crippen molar-refractivity contribution in [2.45, 2.75) is 4.90 Å². The first-order valence-electron chi connectivity index (χ1n) is 9.85. The van der Waals surface area contributed by atoms with E-state index in [4.69, 9.17) is 4.18 Å². The predicted octanol–water partition coefficient (Wildman–Crippen LogP) is 5.60. The first kappa shape index (κ1) is 20.0. The number of hydrogen-bond donors (Lipinski definition) is 0. The first-order valence-corrected chi connectivity index (χ1v) is 11.3. The van der Waals surface area contributed by atoms with Gasteiger partial charge >= 0.3 is 10.1 Å². The summed E-state index contributed by atoms with van der Waals surface area (Å²) in [5, 5.41) is 5.87. The van der Waals surface area contributed by atoms with Gasteiger partial charge in [-0.2, -0.15) is 18.2 Å². The Labute approximate surface area is 184 Å². The van der Waals surface area contributed by atoms with E-state index in [0.717, 1.165) is 10.9 Å². The molecule has 158 valence electrons. The summed E-state index contributed by atoms with van der Waals surface area (Å²) in [4.78, 5) is 0.0590. The summed E-state index contributed by atoms with van der Waals surface area (Å²) in [6, 6.07) is 28.7. The lowest BCUT2D eigenvalue weighted by Gasteiger charge is -2.11. The highest BCUT2D eigenvalue weighted by Crippen LogP contribution is 2.30. The molecule has 0 saturated carbocycles. The van der Waals surface area contributed by atoms with Crippen molar-refractivity contribution < 1.29 is 17.0 Å². The third-order valence-electron chi connectivity index (χ3n) is 5.03. The van der Waals surface area contributed by atoms with E-state index in [2.05, 4.69) is 5.10 Å². The van der Waals surface area contributed by atoms with E-state index in [0.29, 0.717) is 16.8 Å². The maximum atomic E-state index is 13.5. The van der Waals surface area contributed by atoms with Crippen molar-refractivity contribution in [3.05, 3.63) is 109 Å². The molecule has 0 fully saturated rings. The van der Waals surface area contributed by atoms with Crippen LogP contribution in [-0.4, -0.2) is 18.2 Å². The van der Waals surface area contributed by atoms with E-state index in [1.807, 2.05) is 48.5 Å². The normalized spacial score (nSPS) is 11.5. The fourth-order valence-electron chi connectivity index (χ4n) is 3.51. The molecule has 0 unspecified atom stereocenters. The summed E-state index contributed by atoms with van der Waals surface area (Å²) < 4.78 is 47.0. The lowest BCUT2D eigenvalue weighted by atomic mass is 10.1. The van der Waals surface area contributed by atoms with Crippen LogP contribution < -0.4 is 4.18 Å². The smallest absolute Gasteiger partial charge is 0.341 e. The van der Waals surface area contributed by atoms with Gasteiger partial charge in [0.25, 0.3) is 0 Å². The van der Waals surface area contributed by atoms with Crippen molar-refractivity contribution >= 4 is 20.9 Å². The van der Waals surface area contributed by atoms with Crippen molar-refractivity contribution in [1.82, 2.24) is 9.78 Å². The summed E-state index contributed by atoms with van der Waals surface area (Å²) in [5.41, 5.74) is 1.79. The van der Waals surface area contributed by atoms with Crippen LogP contribution in [0.15, 0.2) is 108 Å². The molecular formula is C25H17FN2O3S. The average Bonchev–Trinajstić information content (AvgIpc) is 3.23. The minimum atomic E-state index is -4.18. The summed E-state index contributed by atoms with van der Waals surface area (Å²) in [6.45, 7) is 0. The second-order valence-electron chi connectivity index (χ2n) is 7.14. The average molecular weight is 444 g/mol. The van der Waals surface area contributed by atoms with Gasteiger partial charge in [-0.15, -0.1) is 0 Å². The van der Waals surface area contributed by atoms with E-state index in [1.165, 1.54) is 35.0 Å². The van der Waals surface area contributed by atoms with Gasteiger partial charge in [-0.1, -0.05) is 66.7 Å². The first-order chi connectivity index (χ1) is 15.5. The van der Waals surface area contributed by atoms with Gasteiger partial charge in [0.05, 0.1) is 11.4 Å². The second kappa shape index (κ2) is 7.94. The van der Waals surface area contributed by atoms with Crippen LogP contribution in [0.3, 0.4) is 0 Å². The maximum absolute atomic E-state index is 13.5. The highest BCUT2D eigenvalue weighted by Gasteiger charge is 2.23. The van der Waals surface area contributed by atoms with Crippen molar-refractivity contribution in [1.29, 1.82) is 0 Å². The largest absolute Gasteiger partial charge is 0.358 e. The van der Waals surface area contributed by atoms with Crippen LogP contribution >= 0.6 is 0 Å². The molecule has 4 aromatic carbocycles. The Morgan fingerprint density at radius 1 is 0.781 bits per heavy atom. The summed E-state index contributed by atoms with van der Waals surface area (Å²) in [5.74, 6) is -0.404. The van der Waals surface area contributed by atoms with Crippen LogP contribution in [0.5, 0.6) is 5.88 Å². The molecule has 0 spiro atoms. The molecule has 0 saturated heterocycles. The van der Waals surface area contributed by atoms with E-state index < -0.39 is 15.9 Å². The fraction of sp³-hybridized carbons (Fsp3) is 0. The number of benzene rings is 4. The van der Waals surface area contributed by atoms with E-state index in [9.17, 15) is 12.8 Å². The van der Waals surface area contributed by atoms with Crippen molar-refractivity contribution in [3.63, 3.8) is 0 Å². The quantitative estimate of drug-likeness (QED) is 0.331. The number of hydrogen-bond acceptors (Lipinski definition) is 4. The number of fused-ring (bicyclic) bond motifs is 1. The molecule has 5 rings (SSSR count). The zero-order valence-corrected chi connectivity index (χ0v) is 17.5. The number of aromatic nitrogens is 2. The SMILES string of the molecule is O=S(=O)(Oc1cc(-c2ccccc2)nn1-c1ccc(F)cc1)c1cccc2ccccc12. The zero-order chi connectivity index (χ0) is 22.1. The third-order valence-corrected chi connectivity index (χ3v) is 6.32. The Morgan fingerprint density at radius 3 is 2.25 bits per heavy atom. The van der Waals surface area contributed by atoms with Gasteiger partial charge in [0.15, 0.2) is 0 Å². The minimum absolute atomic E-state index is 0.00314. The Morgan fingerprint density at radius 2 is 1.47 bits per heavy atom. The number of halogens is 1. The fourth-order valence-corrected chi connectivity index (χ4v) is 4.65. The minimum Gasteiger partial charge on any atom is -0.358 e. The molecule has 5 aromatic rings. The molecule has 1 aromatic heterocycles. The Bertz CT molecular complexity index is 1510. The van der Waals surface area contributed by atoms with Crippen molar-refractivity contribution in [2.75, 3.05) is 0 Å².